The zero-order valence-electron chi connectivity index (χ0n) is 8.19. The van der Waals surface area contributed by atoms with Crippen LogP contribution in [-0.2, 0) is 4.79 Å². The molecule has 0 radical (unpaired) electrons. The van der Waals surface area contributed by atoms with Crippen molar-refractivity contribution in [2.24, 2.45) is 0 Å². The van der Waals surface area contributed by atoms with Crippen LogP contribution in [0.3, 0.4) is 0 Å². The van der Waals surface area contributed by atoms with E-state index in [1.807, 2.05) is 0 Å². The second-order valence-corrected chi connectivity index (χ2v) is 3.46. The zero-order valence-corrected chi connectivity index (χ0v) is 8.95. The fourth-order valence-electron chi connectivity index (χ4n) is 1.16. The highest BCUT2D eigenvalue weighted by Crippen LogP contribution is 2.17. The number of aromatic nitrogens is 3. The topological polar surface area (TPSA) is 56.5 Å². The zero-order chi connectivity index (χ0) is 11.0. The molecule has 0 saturated carbocycles. The number of nitrogens with zero attached hydrogens (tertiary/aromatic N) is 3. The Morgan fingerprint density at radius 1 is 1.60 bits per heavy atom. The minimum absolute atomic E-state index is 0.219. The molecular formula is C9H8ClN3O2. The third-order valence-corrected chi connectivity index (χ3v) is 2.18. The Morgan fingerprint density at radius 2 is 2.33 bits per heavy atom. The van der Waals surface area contributed by atoms with Crippen LogP contribution in [0.5, 0.6) is 5.88 Å². The maximum atomic E-state index is 10.7. The predicted molar refractivity (Wildman–Crippen MR) is 54.0 cm³/mol. The summed E-state index contributed by atoms with van der Waals surface area (Å²) in [4.78, 5) is 14.9. The van der Waals surface area contributed by atoms with E-state index in [-0.39, 0.29) is 5.88 Å². The Labute approximate surface area is 90.6 Å². The molecule has 0 saturated heterocycles. The van der Waals surface area contributed by atoms with E-state index in [4.69, 9.17) is 16.3 Å². The monoisotopic (exact) mass is 225 g/mol. The molecule has 0 aliphatic rings. The minimum Gasteiger partial charge on any atom is -0.406 e. The Bertz CT molecular complexity index is 496. The Balaban J connectivity index is 2.51. The summed E-state index contributed by atoms with van der Waals surface area (Å²) in [7, 11) is 0. The molecule has 0 aliphatic carbocycles. The third kappa shape index (κ3) is 1.92. The van der Waals surface area contributed by atoms with Crippen molar-refractivity contribution in [1.82, 2.24) is 14.6 Å². The lowest BCUT2D eigenvalue weighted by atomic mass is 10.4. The van der Waals surface area contributed by atoms with Gasteiger partial charge in [0, 0.05) is 13.0 Å². The van der Waals surface area contributed by atoms with Crippen LogP contribution in [0.25, 0.3) is 5.65 Å². The van der Waals surface area contributed by atoms with Crippen molar-refractivity contribution < 1.29 is 9.53 Å². The van der Waals surface area contributed by atoms with Crippen molar-refractivity contribution in [2.45, 2.75) is 13.8 Å². The van der Waals surface area contributed by atoms with Gasteiger partial charge < -0.3 is 4.74 Å². The van der Waals surface area contributed by atoms with E-state index in [2.05, 4.69) is 10.1 Å². The highest BCUT2D eigenvalue weighted by atomic mass is 35.5. The van der Waals surface area contributed by atoms with Gasteiger partial charge in [-0.05, 0) is 6.92 Å². The molecular weight excluding hydrogens is 218 g/mol. The number of halogens is 1. The van der Waals surface area contributed by atoms with Gasteiger partial charge in [0.15, 0.2) is 5.65 Å². The molecule has 0 spiro atoms. The first-order valence-corrected chi connectivity index (χ1v) is 4.65. The van der Waals surface area contributed by atoms with Gasteiger partial charge in [0.2, 0.25) is 5.88 Å². The highest BCUT2D eigenvalue weighted by Gasteiger charge is 2.07. The molecule has 78 valence electrons. The minimum atomic E-state index is -0.416. The normalized spacial score (nSPS) is 10.6. The molecule has 0 bridgehead atoms. The van der Waals surface area contributed by atoms with Crippen LogP contribution < -0.4 is 4.74 Å². The molecule has 0 unspecified atom stereocenters. The van der Waals surface area contributed by atoms with Crippen molar-refractivity contribution in [1.29, 1.82) is 0 Å². The lowest BCUT2D eigenvalue weighted by Crippen LogP contribution is -2.01. The number of fused-ring (bicyclic) bond motifs is 1. The molecule has 0 fully saturated rings. The Morgan fingerprint density at radius 3 is 3.00 bits per heavy atom. The summed E-state index contributed by atoms with van der Waals surface area (Å²) < 4.78 is 6.29. The van der Waals surface area contributed by atoms with Crippen molar-refractivity contribution in [3.05, 3.63) is 23.0 Å². The van der Waals surface area contributed by atoms with Crippen LogP contribution in [0.1, 0.15) is 12.6 Å². The lowest BCUT2D eigenvalue weighted by molar-refractivity contribution is -0.132. The van der Waals surface area contributed by atoms with Gasteiger partial charge in [0.1, 0.15) is 0 Å². The summed E-state index contributed by atoms with van der Waals surface area (Å²) in [5.74, 6) is -0.196. The molecule has 0 atom stereocenters. The van der Waals surface area contributed by atoms with E-state index in [0.717, 1.165) is 0 Å². The van der Waals surface area contributed by atoms with E-state index in [0.29, 0.717) is 16.4 Å². The average Bonchev–Trinajstić information content (AvgIpc) is 2.46. The summed E-state index contributed by atoms with van der Waals surface area (Å²) >= 11 is 5.87. The van der Waals surface area contributed by atoms with E-state index in [1.54, 1.807) is 19.2 Å². The van der Waals surface area contributed by atoms with Gasteiger partial charge in [0.05, 0.1) is 16.9 Å². The number of carbonyl (C=O) groups excluding carboxylic acids is 1. The summed E-state index contributed by atoms with van der Waals surface area (Å²) in [5, 5.41) is 4.50. The summed E-state index contributed by atoms with van der Waals surface area (Å²) in [5.41, 5.74) is 1.30. The van der Waals surface area contributed by atoms with Crippen LogP contribution in [0.2, 0.25) is 5.02 Å². The van der Waals surface area contributed by atoms with Gasteiger partial charge in [-0.25, -0.2) is 9.50 Å². The number of ether oxygens (including phenoxy) is 1. The number of hydrogen-bond donors (Lipinski definition) is 0. The first kappa shape index (κ1) is 9.92. The molecule has 2 rings (SSSR count). The van der Waals surface area contributed by atoms with E-state index >= 15 is 0 Å². The van der Waals surface area contributed by atoms with Gasteiger partial charge in [-0.3, -0.25) is 4.79 Å². The maximum absolute atomic E-state index is 10.7. The average molecular weight is 226 g/mol. The molecule has 2 aromatic heterocycles. The second kappa shape index (κ2) is 3.51. The largest absolute Gasteiger partial charge is 0.406 e. The van der Waals surface area contributed by atoms with E-state index < -0.39 is 5.97 Å². The molecule has 6 heteroatoms. The summed E-state index contributed by atoms with van der Waals surface area (Å²) in [6, 6.07) is 1.57. The van der Waals surface area contributed by atoms with Crippen LogP contribution >= 0.6 is 11.6 Å². The van der Waals surface area contributed by atoms with Crippen LogP contribution in [0, 0.1) is 6.92 Å². The van der Waals surface area contributed by atoms with E-state index in [9.17, 15) is 4.79 Å². The Kier molecular flexibility index (Phi) is 2.32. The first-order chi connectivity index (χ1) is 7.06. The Hall–Kier alpha value is -1.62. The maximum Gasteiger partial charge on any atom is 0.309 e. The van der Waals surface area contributed by atoms with Crippen molar-refractivity contribution in [2.75, 3.05) is 0 Å². The molecule has 2 aromatic rings. The van der Waals surface area contributed by atoms with Gasteiger partial charge in [-0.1, -0.05) is 11.6 Å². The third-order valence-electron chi connectivity index (χ3n) is 1.81. The molecule has 2 heterocycles. The first-order valence-electron chi connectivity index (χ1n) is 4.27. The lowest BCUT2D eigenvalue weighted by Gasteiger charge is -1.96. The SMILES string of the molecule is CC(=O)Oc1cc2nc(C)c(Cl)cn2n1. The number of rotatable bonds is 1. The van der Waals surface area contributed by atoms with Gasteiger partial charge in [0.25, 0.3) is 0 Å². The van der Waals surface area contributed by atoms with Gasteiger partial charge in [-0.2, -0.15) is 0 Å². The molecule has 0 N–H and O–H groups in total. The van der Waals surface area contributed by atoms with Crippen molar-refractivity contribution >= 4 is 23.2 Å². The molecule has 0 aliphatic heterocycles. The fraction of sp³-hybridized carbons (Fsp3) is 0.222. The summed E-state index contributed by atoms with van der Waals surface area (Å²) in [6.07, 6.45) is 1.62. The smallest absolute Gasteiger partial charge is 0.309 e. The van der Waals surface area contributed by atoms with Crippen molar-refractivity contribution in [3.8, 4) is 5.88 Å². The van der Waals surface area contributed by atoms with Gasteiger partial charge >= 0.3 is 5.97 Å². The molecule has 0 aromatic carbocycles. The second-order valence-electron chi connectivity index (χ2n) is 3.05. The van der Waals surface area contributed by atoms with Crippen LogP contribution in [-0.4, -0.2) is 20.6 Å². The fourth-order valence-corrected chi connectivity index (χ4v) is 1.30. The van der Waals surface area contributed by atoms with Crippen LogP contribution in [0.4, 0.5) is 0 Å². The number of aryl methyl sites for hydroxylation is 1. The standard InChI is InChI=1S/C9H8ClN3O2/c1-5-7(10)4-13-8(11-5)3-9(12-13)15-6(2)14/h3-4H,1-2H3. The highest BCUT2D eigenvalue weighted by molar-refractivity contribution is 6.31. The number of esters is 1. The molecule has 15 heavy (non-hydrogen) atoms. The predicted octanol–water partition coefficient (Wildman–Crippen LogP) is 1.62. The van der Waals surface area contributed by atoms with Crippen LogP contribution in [0.15, 0.2) is 12.3 Å². The number of carbonyl (C=O) groups is 1. The van der Waals surface area contributed by atoms with E-state index in [1.165, 1.54) is 11.4 Å². The van der Waals surface area contributed by atoms with Gasteiger partial charge in [-0.15, -0.1) is 5.10 Å². The number of hydrogen-bond acceptors (Lipinski definition) is 4. The van der Waals surface area contributed by atoms with Crippen molar-refractivity contribution in [3.63, 3.8) is 0 Å². The molecule has 0 amide bonds. The quantitative estimate of drug-likeness (QED) is 0.692. The molecule has 5 nitrogen and oxygen atoms in total. The summed E-state index contributed by atoms with van der Waals surface area (Å²) in [6.45, 7) is 3.11.